The molecule has 0 bridgehead atoms. The van der Waals surface area contributed by atoms with Crippen molar-refractivity contribution in [2.75, 3.05) is 11.9 Å². The van der Waals surface area contributed by atoms with Crippen molar-refractivity contribution >= 4 is 35.1 Å². The van der Waals surface area contributed by atoms with Crippen LogP contribution in [-0.4, -0.2) is 18.1 Å². The highest BCUT2D eigenvalue weighted by molar-refractivity contribution is 7.09. The predicted octanol–water partition coefficient (Wildman–Crippen LogP) is 3.43. The molecule has 100 valence electrons. The summed E-state index contributed by atoms with van der Waals surface area (Å²) >= 11 is 7.41. The third-order valence-corrected chi connectivity index (χ3v) is 3.65. The Morgan fingerprint density at radius 2 is 2.21 bits per heavy atom. The molecule has 2 rings (SSSR count). The molecule has 0 spiro atoms. The topological polar surface area (TPSA) is 51.2 Å². The number of nitrogens with one attached hydrogen (secondary N) is 1. The molecule has 1 atom stereocenters. The summed E-state index contributed by atoms with van der Waals surface area (Å²) in [5.41, 5.74) is 3.57. The molecule has 2 aromatic rings. The standard InChI is InChI=1S/C13H13ClN2O2S/c1-9-13(15-7-19-9)12(6-18-8-17)16-11-4-2-10(14)3-5-11/h2-5,7-8,12,16H,6H2,1H3. The first-order valence-corrected chi connectivity index (χ1v) is 6.94. The zero-order chi connectivity index (χ0) is 13.7. The molecule has 0 fully saturated rings. The van der Waals surface area contributed by atoms with Crippen LogP contribution in [0, 0.1) is 6.92 Å². The van der Waals surface area contributed by atoms with Crippen LogP contribution in [0.3, 0.4) is 0 Å². The first-order valence-electron chi connectivity index (χ1n) is 5.68. The van der Waals surface area contributed by atoms with Crippen LogP contribution in [0.1, 0.15) is 16.6 Å². The van der Waals surface area contributed by atoms with Crippen LogP contribution in [0.25, 0.3) is 0 Å². The maximum atomic E-state index is 10.4. The second-order valence-electron chi connectivity index (χ2n) is 3.93. The third kappa shape index (κ3) is 3.68. The molecule has 0 amide bonds. The van der Waals surface area contributed by atoms with E-state index in [4.69, 9.17) is 16.3 Å². The second kappa shape index (κ2) is 6.54. The quantitative estimate of drug-likeness (QED) is 0.830. The summed E-state index contributed by atoms with van der Waals surface area (Å²) in [5.74, 6) is 0. The van der Waals surface area contributed by atoms with Crippen LogP contribution in [0.15, 0.2) is 29.8 Å². The minimum Gasteiger partial charge on any atom is -0.465 e. The van der Waals surface area contributed by atoms with Gasteiger partial charge in [-0.05, 0) is 31.2 Å². The summed E-state index contributed by atoms with van der Waals surface area (Å²) in [4.78, 5) is 15.8. The normalized spacial score (nSPS) is 11.9. The Bertz CT molecular complexity index is 542. The van der Waals surface area contributed by atoms with E-state index in [0.29, 0.717) is 11.5 Å². The average molecular weight is 297 g/mol. The van der Waals surface area contributed by atoms with Crippen LogP contribution < -0.4 is 5.32 Å². The van der Waals surface area contributed by atoms with Crippen LogP contribution in [-0.2, 0) is 9.53 Å². The number of aromatic nitrogens is 1. The molecule has 6 heteroatoms. The average Bonchev–Trinajstić information content (AvgIpc) is 2.83. The molecule has 0 radical (unpaired) electrons. The van der Waals surface area contributed by atoms with Gasteiger partial charge in [0.25, 0.3) is 6.47 Å². The van der Waals surface area contributed by atoms with Crippen molar-refractivity contribution in [3.8, 4) is 0 Å². The van der Waals surface area contributed by atoms with Gasteiger partial charge in [0.2, 0.25) is 0 Å². The molecular weight excluding hydrogens is 284 g/mol. The molecule has 4 nitrogen and oxygen atoms in total. The highest BCUT2D eigenvalue weighted by atomic mass is 35.5. The van der Waals surface area contributed by atoms with E-state index in [1.807, 2.05) is 19.1 Å². The first kappa shape index (κ1) is 13.8. The largest absolute Gasteiger partial charge is 0.465 e. The number of carbonyl (C=O) groups is 1. The number of ether oxygens (including phenoxy) is 1. The molecule has 1 heterocycles. The number of halogens is 1. The monoisotopic (exact) mass is 296 g/mol. The molecule has 0 aliphatic carbocycles. The summed E-state index contributed by atoms with van der Waals surface area (Å²) in [6, 6.07) is 7.18. The lowest BCUT2D eigenvalue weighted by molar-refractivity contribution is -0.129. The number of hydrogen-bond donors (Lipinski definition) is 1. The number of nitrogens with zero attached hydrogens (tertiary/aromatic N) is 1. The fourth-order valence-electron chi connectivity index (χ4n) is 1.72. The highest BCUT2D eigenvalue weighted by Crippen LogP contribution is 2.24. The van der Waals surface area contributed by atoms with Crippen molar-refractivity contribution in [1.82, 2.24) is 4.98 Å². The van der Waals surface area contributed by atoms with Crippen LogP contribution in [0.5, 0.6) is 0 Å². The van der Waals surface area contributed by atoms with Gasteiger partial charge in [0.05, 0.1) is 11.2 Å². The Morgan fingerprint density at radius 1 is 1.47 bits per heavy atom. The van der Waals surface area contributed by atoms with E-state index in [1.165, 1.54) is 0 Å². The lowest BCUT2D eigenvalue weighted by atomic mass is 10.2. The van der Waals surface area contributed by atoms with Crippen molar-refractivity contribution < 1.29 is 9.53 Å². The van der Waals surface area contributed by atoms with Crippen LogP contribution >= 0.6 is 22.9 Å². The number of hydrogen-bond acceptors (Lipinski definition) is 5. The number of anilines is 1. The van der Waals surface area contributed by atoms with Gasteiger partial charge in [0.1, 0.15) is 12.6 Å². The van der Waals surface area contributed by atoms with Crippen LogP contribution in [0.2, 0.25) is 5.02 Å². The van der Waals surface area contributed by atoms with Gasteiger partial charge in [0.15, 0.2) is 0 Å². The van der Waals surface area contributed by atoms with Crippen molar-refractivity contribution in [2.45, 2.75) is 13.0 Å². The maximum absolute atomic E-state index is 10.4. The molecule has 0 aliphatic heterocycles. The minimum absolute atomic E-state index is 0.169. The SMILES string of the molecule is Cc1scnc1C(COC=O)Nc1ccc(Cl)cc1. The fourth-order valence-corrected chi connectivity index (χ4v) is 2.49. The summed E-state index contributed by atoms with van der Waals surface area (Å²) in [5, 5.41) is 3.96. The van der Waals surface area contributed by atoms with Gasteiger partial charge in [-0.1, -0.05) is 11.6 Å². The third-order valence-electron chi connectivity index (χ3n) is 2.63. The number of aryl methyl sites for hydroxylation is 1. The minimum atomic E-state index is -0.169. The molecule has 1 aromatic carbocycles. The molecule has 0 saturated heterocycles. The van der Waals surface area contributed by atoms with E-state index >= 15 is 0 Å². The van der Waals surface area contributed by atoms with Gasteiger partial charge in [-0.25, -0.2) is 4.98 Å². The Kier molecular flexibility index (Phi) is 4.76. The molecular formula is C13H13ClN2O2S. The summed E-state index contributed by atoms with van der Waals surface area (Å²) in [6.07, 6.45) is 0. The van der Waals surface area contributed by atoms with E-state index in [1.54, 1.807) is 29.0 Å². The number of rotatable bonds is 6. The van der Waals surface area contributed by atoms with E-state index in [9.17, 15) is 4.79 Å². The van der Waals surface area contributed by atoms with Gasteiger partial charge in [-0.2, -0.15) is 0 Å². The van der Waals surface area contributed by atoms with Gasteiger partial charge in [0, 0.05) is 15.6 Å². The van der Waals surface area contributed by atoms with E-state index in [0.717, 1.165) is 16.3 Å². The number of thiazole rings is 1. The van der Waals surface area contributed by atoms with E-state index in [2.05, 4.69) is 10.3 Å². The van der Waals surface area contributed by atoms with Gasteiger partial charge in [-0.3, -0.25) is 4.79 Å². The molecule has 0 aliphatic rings. The Morgan fingerprint density at radius 3 is 2.79 bits per heavy atom. The van der Waals surface area contributed by atoms with E-state index < -0.39 is 0 Å². The Hall–Kier alpha value is -1.59. The first-order chi connectivity index (χ1) is 9.20. The molecule has 1 unspecified atom stereocenters. The molecule has 1 aromatic heterocycles. The summed E-state index contributed by atoms with van der Waals surface area (Å²) < 4.78 is 4.87. The Labute approximate surface area is 120 Å². The fraction of sp³-hybridized carbons (Fsp3) is 0.231. The van der Waals surface area contributed by atoms with Crippen molar-refractivity contribution in [1.29, 1.82) is 0 Å². The summed E-state index contributed by atoms with van der Waals surface area (Å²) in [6.45, 7) is 2.67. The summed E-state index contributed by atoms with van der Waals surface area (Å²) in [7, 11) is 0. The van der Waals surface area contributed by atoms with E-state index in [-0.39, 0.29) is 12.6 Å². The van der Waals surface area contributed by atoms with Gasteiger partial charge >= 0.3 is 0 Å². The lowest BCUT2D eigenvalue weighted by Crippen LogP contribution is -2.18. The number of benzene rings is 1. The lowest BCUT2D eigenvalue weighted by Gasteiger charge is -2.18. The van der Waals surface area contributed by atoms with Gasteiger partial charge < -0.3 is 10.1 Å². The zero-order valence-corrected chi connectivity index (χ0v) is 11.9. The molecule has 0 saturated carbocycles. The maximum Gasteiger partial charge on any atom is 0.293 e. The predicted molar refractivity (Wildman–Crippen MR) is 76.7 cm³/mol. The zero-order valence-electron chi connectivity index (χ0n) is 10.3. The van der Waals surface area contributed by atoms with Crippen molar-refractivity contribution in [2.24, 2.45) is 0 Å². The van der Waals surface area contributed by atoms with Crippen molar-refractivity contribution in [3.63, 3.8) is 0 Å². The smallest absolute Gasteiger partial charge is 0.293 e. The molecule has 1 N–H and O–H groups in total. The van der Waals surface area contributed by atoms with Crippen LogP contribution in [0.4, 0.5) is 5.69 Å². The second-order valence-corrected chi connectivity index (χ2v) is 5.42. The molecule has 19 heavy (non-hydrogen) atoms. The Balaban J connectivity index is 2.16. The highest BCUT2D eigenvalue weighted by Gasteiger charge is 2.17. The van der Waals surface area contributed by atoms with Gasteiger partial charge in [-0.15, -0.1) is 11.3 Å². The number of carbonyl (C=O) groups excluding carboxylic acids is 1. The van der Waals surface area contributed by atoms with Crippen molar-refractivity contribution in [3.05, 3.63) is 45.4 Å².